The molecule has 0 fully saturated rings. The second kappa shape index (κ2) is 7.81. The maximum absolute atomic E-state index is 5.38. The normalized spacial score (nSPS) is 10.9. The number of nitrogens with one attached hydrogen (secondary N) is 1. The van der Waals surface area contributed by atoms with E-state index < -0.39 is 0 Å². The van der Waals surface area contributed by atoms with Crippen LogP contribution in [0.1, 0.15) is 23.9 Å². The quantitative estimate of drug-likeness (QED) is 0.724. The molecule has 0 aliphatic carbocycles. The minimum Gasteiger partial charge on any atom is -0.382 e. The molecule has 0 saturated carbocycles. The molecular weight excluding hydrogens is 338 g/mol. The Hall–Kier alpha value is -0.850. The Kier molecular flexibility index (Phi) is 6.06. The molecule has 4 nitrogen and oxygen atoms in total. The minimum absolute atomic E-state index is 0.779. The summed E-state index contributed by atoms with van der Waals surface area (Å²) in [5.74, 6) is 0.934. The molecule has 0 aromatic carbocycles. The summed E-state index contributed by atoms with van der Waals surface area (Å²) in [6.07, 6.45) is 3.08. The summed E-state index contributed by atoms with van der Waals surface area (Å²) >= 11 is 5.22. The number of rotatable bonds is 8. The first-order chi connectivity index (χ1) is 9.69. The van der Waals surface area contributed by atoms with Gasteiger partial charge in [0.05, 0.1) is 16.0 Å². The second-order valence-corrected chi connectivity index (χ2v) is 7.06. The zero-order chi connectivity index (χ0) is 14.4. The van der Waals surface area contributed by atoms with Gasteiger partial charge >= 0.3 is 0 Å². The number of anilines is 1. The van der Waals surface area contributed by atoms with Crippen molar-refractivity contribution in [3.8, 4) is 0 Å². The third-order valence-electron chi connectivity index (χ3n) is 2.84. The maximum Gasteiger partial charge on any atom is 0.203 e. The van der Waals surface area contributed by atoms with E-state index in [2.05, 4.69) is 49.1 Å². The number of hydrogen-bond donors (Lipinski definition) is 1. The molecule has 0 unspecified atom stereocenters. The van der Waals surface area contributed by atoms with Gasteiger partial charge in [0.15, 0.2) is 0 Å². The average Bonchev–Trinajstić information content (AvgIpc) is 2.98. The summed E-state index contributed by atoms with van der Waals surface area (Å²) in [6, 6.07) is 4.19. The van der Waals surface area contributed by atoms with Gasteiger partial charge in [0.2, 0.25) is 5.95 Å². The Morgan fingerprint density at radius 2 is 2.30 bits per heavy atom. The summed E-state index contributed by atoms with van der Waals surface area (Å²) in [5.41, 5.74) is 1.04. The highest BCUT2D eigenvalue weighted by molar-refractivity contribution is 9.11. The molecule has 0 amide bonds. The van der Waals surface area contributed by atoms with Crippen LogP contribution in [0.2, 0.25) is 0 Å². The largest absolute Gasteiger partial charge is 0.382 e. The monoisotopic (exact) mass is 357 g/mol. The maximum atomic E-state index is 5.38. The highest BCUT2D eigenvalue weighted by atomic mass is 79.9. The number of ether oxygens (including phenoxy) is 1. The Balaban J connectivity index is 1.89. The van der Waals surface area contributed by atoms with E-state index >= 15 is 0 Å². The van der Waals surface area contributed by atoms with E-state index in [9.17, 15) is 0 Å². The molecule has 0 spiro atoms. The van der Waals surface area contributed by atoms with Crippen molar-refractivity contribution in [3.05, 3.63) is 32.7 Å². The number of aryl methyl sites for hydroxylation is 2. The first kappa shape index (κ1) is 15.5. The van der Waals surface area contributed by atoms with Gasteiger partial charge in [-0.1, -0.05) is 0 Å². The molecule has 110 valence electrons. The van der Waals surface area contributed by atoms with Crippen LogP contribution in [0.5, 0.6) is 0 Å². The van der Waals surface area contributed by atoms with Crippen LogP contribution in [0.25, 0.3) is 0 Å². The first-order valence-corrected chi connectivity index (χ1v) is 8.39. The Morgan fingerprint density at radius 1 is 1.45 bits per heavy atom. The molecule has 2 heterocycles. The second-order valence-electron chi connectivity index (χ2n) is 4.51. The van der Waals surface area contributed by atoms with Crippen molar-refractivity contribution in [2.45, 2.75) is 33.4 Å². The lowest BCUT2D eigenvalue weighted by Gasteiger charge is -2.09. The van der Waals surface area contributed by atoms with E-state index in [0.29, 0.717) is 0 Å². The van der Waals surface area contributed by atoms with E-state index in [1.165, 1.54) is 4.88 Å². The fourth-order valence-electron chi connectivity index (χ4n) is 1.95. The molecule has 0 radical (unpaired) electrons. The van der Waals surface area contributed by atoms with Gasteiger partial charge in [-0.3, -0.25) is 0 Å². The van der Waals surface area contributed by atoms with Crippen LogP contribution in [0.15, 0.2) is 22.1 Å². The van der Waals surface area contributed by atoms with Gasteiger partial charge in [0.1, 0.15) is 0 Å². The van der Waals surface area contributed by atoms with Crippen molar-refractivity contribution >= 4 is 33.2 Å². The molecule has 0 bridgehead atoms. The molecule has 20 heavy (non-hydrogen) atoms. The van der Waals surface area contributed by atoms with Crippen molar-refractivity contribution in [1.29, 1.82) is 0 Å². The average molecular weight is 358 g/mol. The summed E-state index contributed by atoms with van der Waals surface area (Å²) in [7, 11) is 0. The number of nitrogens with zero attached hydrogens (tertiary/aromatic N) is 2. The number of halogens is 1. The van der Waals surface area contributed by atoms with Crippen LogP contribution >= 0.6 is 27.3 Å². The van der Waals surface area contributed by atoms with Gasteiger partial charge in [-0.2, -0.15) is 0 Å². The number of imidazole rings is 1. The van der Waals surface area contributed by atoms with Crippen molar-refractivity contribution in [1.82, 2.24) is 9.55 Å². The lowest BCUT2D eigenvalue weighted by molar-refractivity contribution is 0.142. The summed E-state index contributed by atoms with van der Waals surface area (Å²) in [4.78, 5) is 5.83. The zero-order valence-electron chi connectivity index (χ0n) is 11.9. The van der Waals surface area contributed by atoms with Gasteiger partial charge in [0.25, 0.3) is 0 Å². The minimum atomic E-state index is 0.779. The standard InChI is InChI=1S/C14H20BrN3OS/c1-3-19-8-4-7-18-10-11(2)17-14(18)16-9-12-5-6-13(15)20-12/h5-6,10H,3-4,7-9H2,1-2H3,(H,16,17). The van der Waals surface area contributed by atoms with Crippen LogP contribution in [-0.4, -0.2) is 22.8 Å². The van der Waals surface area contributed by atoms with Crippen LogP contribution < -0.4 is 5.32 Å². The number of aromatic nitrogens is 2. The smallest absolute Gasteiger partial charge is 0.203 e. The number of hydrogen-bond acceptors (Lipinski definition) is 4. The van der Waals surface area contributed by atoms with Crippen molar-refractivity contribution < 1.29 is 4.74 Å². The van der Waals surface area contributed by atoms with Crippen molar-refractivity contribution in [2.75, 3.05) is 18.5 Å². The highest BCUT2D eigenvalue weighted by Crippen LogP contribution is 2.22. The van der Waals surface area contributed by atoms with E-state index in [1.807, 2.05) is 13.8 Å². The van der Waals surface area contributed by atoms with E-state index in [-0.39, 0.29) is 0 Å². The lowest BCUT2D eigenvalue weighted by Crippen LogP contribution is -2.08. The van der Waals surface area contributed by atoms with Crippen LogP contribution in [0.3, 0.4) is 0 Å². The molecule has 2 aromatic rings. The molecule has 6 heteroatoms. The molecule has 0 aliphatic heterocycles. The Bertz CT molecular complexity index is 538. The molecule has 0 aliphatic rings. The van der Waals surface area contributed by atoms with Crippen molar-refractivity contribution in [2.24, 2.45) is 0 Å². The van der Waals surface area contributed by atoms with Gasteiger partial charge in [-0.25, -0.2) is 4.98 Å². The number of thiophene rings is 1. The molecular formula is C14H20BrN3OS. The third kappa shape index (κ3) is 4.61. The molecule has 0 saturated heterocycles. The molecule has 2 rings (SSSR count). The SMILES string of the molecule is CCOCCCn1cc(C)nc1NCc1ccc(Br)s1. The lowest BCUT2D eigenvalue weighted by atomic mass is 10.4. The molecule has 2 aromatic heterocycles. The summed E-state index contributed by atoms with van der Waals surface area (Å²) in [5, 5.41) is 3.41. The Labute approximate surface area is 132 Å². The zero-order valence-corrected chi connectivity index (χ0v) is 14.3. The first-order valence-electron chi connectivity index (χ1n) is 6.78. The van der Waals surface area contributed by atoms with Gasteiger partial charge < -0.3 is 14.6 Å². The fraction of sp³-hybridized carbons (Fsp3) is 0.500. The molecule has 0 atom stereocenters. The predicted molar refractivity (Wildman–Crippen MR) is 87.4 cm³/mol. The summed E-state index contributed by atoms with van der Waals surface area (Å²) < 4.78 is 8.70. The highest BCUT2D eigenvalue weighted by Gasteiger charge is 2.06. The van der Waals surface area contributed by atoms with Gasteiger partial charge in [0, 0.05) is 30.8 Å². The van der Waals surface area contributed by atoms with E-state index in [0.717, 1.165) is 48.2 Å². The molecule has 1 N–H and O–H groups in total. The fourth-order valence-corrected chi connectivity index (χ4v) is 3.38. The van der Waals surface area contributed by atoms with Crippen LogP contribution in [0.4, 0.5) is 5.95 Å². The predicted octanol–water partition coefficient (Wildman–Crippen LogP) is 4.05. The van der Waals surface area contributed by atoms with Gasteiger partial charge in [-0.05, 0) is 48.3 Å². The van der Waals surface area contributed by atoms with Crippen molar-refractivity contribution in [3.63, 3.8) is 0 Å². The summed E-state index contributed by atoms with van der Waals surface area (Å²) in [6.45, 7) is 7.35. The Morgan fingerprint density at radius 3 is 3.00 bits per heavy atom. The third-order valence-corrected chi connectivity index (χ3v) is 4.46. The van der Waals surface area contributed by atoms with E-state index in [4.69, 9.17) is 4.74 Å². The van der Waals surface area contributed by atoms with E-state index in [1.54, 1.807) is 11.3 Å². The van der Waals surface area contributed by atoms with Gasteiger partial charge in [-0.15, -0.1) is 11.3 Å². The topological polar surface area (TPSA) is 39.1 Å². The van der Waals surface area contributed by atoms with Crippen LogP contribution in [-0.2, 0) is 17.8 Å². The van der Waals surface area contributed by atoms with Crippen LogP contribution in [0, 0.1) is 6.92 Å².